The number of amides is 1. The molecule has 0 spiro atoms. The Morgan fingerprint density at radius 1 is 1.39 bits per heavy atom. The molecule has 0 saturated heterocycles. The van der Waals surface area contributed by atoms with E-state index in [-0.39, 0.29) is 24.8 Å². The van der Waals surface area contributed by atoms with Gasteiger partial charge in [0.05, 0.1) is 11.6 Å². The Morgan fingerprint density at radius 2 is 2.04 bits per heavy atom. The highest BCUT2D eigenvalue weighted by molar-refractivity contribution is 5.81. The van der Waals surface area contributed by atoms with Crippen LogP contribution in [0.15, 0.2) is 24.3 Å². The Hall–Kier alpha value is -1.80. The first kappa shape index (κ1) is 19.2. The third-order valence-electron chi connectivity index (χ3n) is 3.14. The van der Waals surface area contributed by atoms with Gasteiger partial charge in [0.15, 0.2) is 0 Å². The maximum atomic E-state index is 12.6. The highest BCUT2D eigenvalue weighted by atomic mass is 19.4. The number of nitrogens with one attached hydrogen (secondary N) is 1. The summed E-state index contributed by atoms with van der Waals surface area (Å²) < 4.78 is 42.8. The average molecular weight is 334 g/mol. The van der Waals surface area contributed by atoms with Gasteiger partial charge in [-0.15, -0.1) is 0 Å². The van der Waals surface area contributed by atoms with Crippen molar-refractivity contribution in [2.75, 3.05) is 13.2 Å². The Labute approximate surface area is 132 Å². The van der Waals surface area contributed by atoms with E-state index in [4.69, 9.17) is 10.5 Å². The molecule has 0 radical (unpaired) electrons. The molecule has 1 aromatic carbocycles. The van der Waals surface area contributed by atoms with Gasteiger partial charge in [-0.2, -0.15) is 13.2 Å². The van der Waals surface area contributed by atoms with Crippen molar-refractivity contribution < 1.29 is 27.8 Å². The Morgan fingerprint density at radius 3 is 2.61 bits per heavy atom. The molecule has 5 nitrogen and oxygen atoms in total. The number of ether oxygens (including phenoxy) is 1. The molecule has 0 bridgehead atoms. The predicted octanol–water partition coefficient (Wildman–Crippen LogP) is 1.54. The highest BCUT2D eigenvalue weighted by Gasteiger charge is 2.30. The van der Waals surface area contributed by atoms with Crippen LogP contribution in [0.3, 0.4) is 0 Å². The molecule has 130 valence electrons. The number of aliphatic hydroxyl groups excluding tert-OH is 1. The first-order chi connectivity index (χ1) is 10.6. The van der Waals surface area contributed by atoms with Crippen molar-refractivity contribution in [2.45, 2.75) is 32.2 Å². The third kappa shape index (κ3) is 6.45. The summed E-state index contributed by atoms with van der Waals surface area (Å²) in [5.41, 5.74) is 4.80. The van der Waals surface area contributed by atoms with E-state index < -0.39 is 29.8 Å². The number of hydrogen-bond donors (Lipinski definition) is 3. The van der Waals surface area contributed by atoms with Crippen LogP contribution < -0.4 is 15.8 Å². The minimum Gasteiger partial charge on any atom is -0.491 e. The van der Waals surface area contributed by atoms with Crippen molar-refractivity contribution >= 4 is 5.91 Å². The van der Waals surface area contributed by atoms with Gasteiger partial charge in [0.25, 0.3) is 0 Å². The van der Waals surface area contributed by atoms with Crippen LogP contribution in [0.4, 0.5) is 13.2 Å². The standard InChI is InChI=1S/C15H21F3N2O3/c1-9(2)13(19)14(22)20-7-11(21)8-23-12-5-3-4-10(6-12)15(16,17)18/h3-6,9,11,13,21H,7-8,19H2,1-2H3,(H,20,22)/t11?,13-/m0/s1. The van der Waals surface area contributed by atoms with Crippen LogP contribution >= 0.6 is 0 Å². The lowest BCUT2D eigenvalue weighted by Gasteiger charge is -2.18. The van der Waals surface area contributed by atoms with Gasteiger partial charge in [0, 0.05) is 6.54 Å². The molecule has 0 aliphatic rings. The number of nitrogens with two attached hydrogens (primary N) is 1. The third-order valence-corrected chi connectivity index (χ3v) is 3.14. The van der Waals surface area contributed by atoms with Gasteiger partial charge in [-0.05, 0) is 24.1 Å². The minimum absolute atomic E-state index is 0.0101. The number of hydrogen-bond acceptors (Lipinski definition) is 4. The van der Waals surface area contributed by atoms with Gasteiger partial charge in [-0.1, -0.05) is 19.9 Å². The van der Waals surface area contributed by atoms with E-state index in [1.807, 2.05) is 0 Å². The summed E-state index contributed by atoms with van der Waals surface area (Å²) in [4.78, 5) is 11.6. The predicted molar refractivity (Wildman–Crippen MR) is 78.8 cm³/mol. The van der Waals surface area contributed by atoms with Gasteiger partial charge >= 0.3 is 6.18 Å². The SMILES string of the molecule is CC(C)[C@H](N)C(=O)NCC(O)COc1cccc(C(F)(F)F)c1. The van der Waals surface area contributed by atoms with Crippen molar-refractivity contribution in [1.29, 1.82) is 0 Å². The second kappa shape index (κ2) is 8.16. The van der Waals surface area contributed by atoms with E-state index in [9.17, 15) is 23.1 Å². The van der Waals surface area contributed by atoms with Gasteiger partial charge in [0.2, 0.25) is 5.91 Å². The van der Waals surface area contributed by atoms with Gasteiger partial charge in [0.1, 0.15) is 18.5 Å². The molecule has 1 amide bonds. The van der Waals surface area contributed by atoms with Crippen molar-refractivity contribution in [2.24, 2.45) is 11.7 Å². The van der Waals surface area contributed by atoms with Gasteiger partial charge < -0.3 is 20.9 Å². The summed E-state index contributed by atoms with van der Waals surface area (Å²) in [6.07, 6.45) is -5.52. The fourth-order valence-electron chi connectivity index (χ4n) is 1.65. The summed E-state index contributed by atoms with van der Waals surface area (Å²) in [7, 11) is 0. The lowest BCUT2D eigenvalue weighted by atomic mass is 10.1. The van der Waals surface area contributed by atoms with Gasteiger partial charge in [-0.25, -0.2) is 0 Å². The minimum atomic E-state index is -4.46. The second-order valence-electron chi connectivity index (χ2n) is 5.51. The molecule has 0 aromatic heterocycles. The smallest absolute Gasteiger partial charge is 0.416 e. The quantitative estimate of drug-likeness (QED) is 0.706. The Balaban J connectivity index is 2.45. The molecular weight excluding hydrogens is 313 g/mol. The van der Waals surface area contributed by atoms with Crippen molar-refractivity contribution in [1.82, 2.24) is 5.32 Å². The fraction of sp³-hybridized carbons (Fsp3) is 0.533. The van der Waals surface area contributed by atoms with Crippen molar-refractivity contribution in [3.05, 3.63) is 29.8 Å². The Kier molecular flexibility index (Phi) is 6.83. The monoisotopic (exact) mass is 334 g/mol. The second-order valence-corrected chi connectivity index (χ2v) is 5.51. The summed E-state index contributed by atoms with van der Waals surface area (Å²) >= 11 is 0. The molecule has 23 heavy (non-hydrogen) atoms. The summed E-state index contributed by atoms with van der Waals surface area (Å²) in [6, 6.07) is 3.66. The van der Waals surface area contributed by atoms with E-state index in [2.05, 4.69) is 5.32 Å². The van der Waals surface area contributed by atoms with Crippen molar-refractivity contribution in [3.63, 3.8) is 0 Å². The summed E-state index contributed by atoms with van der Waals surface area (Å²) in [5, 5.41) is 12.2. The molecule has 1 rings (SSSR count). The summed E-state index contributed by atoms with van der Waals surface area (Å²) in [5.74, 6) is -0.462. The van der Waals surface area contributed by atoms with E-state index in [1.54, 1.807) is 13.8 Å². The zero-order chi connectivity index (χ0) is 17.6. The molecule has 0 aliphatic heterocycles. The van der Waals surface area contributed by atoms with Crippen molar-refractivity contribution in [3.8, 4) is 5.75 Å². The number of rotatable bonds is 7. The largest absolute Gasteiger partial charge is 0.491 e. The lowest BCUT2D eigenvalue weighted by molar-refractivity contribution is -0.137. The normalized spacial score (nSPS) is 14.4. The highest BCUT2D eigenvalue weighted by Crippen LogP contribution is 2.31. The van der Waals surface area contributed by atoms with E-state index in [0.29, 0.717) is 0 Å². The molecule has 0 saturated carbocycles. The van der Waals surface area contributed by atoms with E-state index in [1.165, 1.54) is 12.1 Å². The van der Waals surface area contributed by atoms with Crippen LogP contribution in [-0.2, 0) is 11.0 Å². The molecule has 0 heterocycles. The number of benzene rings is 1. The fourth-order valence-corrected chi connectivity index (χ4v) is 1.65. The number of carbonyl (C=O) groups excluding carboxylic acids is 1. The zero-order valence-corrected chi connectivity index (χ0v) is 12.9. The molecule has 2 atom stereocenters. The topological polar surface area (TPSA) is 84.6 Å². The maximum Gasteiger partial charge on any atom is 0.416 e. The molecule has 0 aliphatic carbocycles. The lowest BCUT2D eigenvalue weighted by Crippen LogP contribution is -2.46. The Bertz CT molecular complexity index is 521. The first-order valence-electron chi connectivity index (χ1n) is 7.12. The molecule has 1 unspecified atom stereocenters. The van der Waals surface area contributed by atoms with Crippen LogP contribution in [0, 0.1) is 5.92 Å². The van der Waals surface area contributed by atoms with Crippen LogP contribution in [0.2, 0.25) is 0 Å². The van der Waals surface area contributed by atoms with Crippen LogP contribution in [0.1, 0.15) is 19.4 Å². The van der Waals surface area contributed by atoms with E-state index >= 15 is 0 Å². The molecular formula is C15H21F3N2O3. The van der Waals surface area contributed by atoms with Crippen LogP contribution in [0.25, 0.3) is 0 Å². The number of alkyl halides is 3. The first-order valence-corrected chi connectivity index (χ1v) is 7.12. The number of carbonyl (C=O) groups is 1. The average Bonchev–Trinajstić information content (AvgIpc) is 2.49. The van der Waals surface area contributed by atoms with Crippen LogP contribution in [-0.4, -0.2) is 36.3 Å². The number of aliphatic hydroxyl groups is 1. The molecule has 8 heteroatoms. The zero-order valence-electron chi connectivity index (χ0n) is 12.9. The number of halogens is 3. The maximum absolute atomic E-state index is 12.6. The summed E-state index contributed by atoms with van der Waals surface area (Å²) in [6.45, 7) is 3.23. The molecule has 0 fully saturated rings. The van der Waals surface area contributed by atoms with Gasteiger partial charge in [-0.3, -0.25) is 4.79 Å². The van der Waals surface area contributed by atoms with Crippen LogP contribution in [0.5, 0.6) is 5.75 Å². The molecule has 1 aromatic rings. The van der Waals surface area contributed by atoms with E-state index in [0.717, 1.165) is 12.1 Å². The molecule has 4 N–H and O–H groups in total.